The van der Waals surface area contributed by atoms with Gasteiger partial charge in [0.05, 0.1) is 6.61 Å². The van der Waals surface area contributed by atoms with Crippen LogP contribution < -0.4 is 9.47 Å². The molecule has 1 aromatic carbocycles. The summed E-state index contributed by atoms with van der Waals surface area (Å²) in [5.41, 5.74) is 2.84. The Morgan fingerprint density at radius 1 is 0.905 bits per heavy atom. The van der Waals surface area contributed by atoms with Crippen molar-refractivity contribution >= 4 is 0 Å². The van der Waals surface area contributed by atoms with Crippen molar-refractivity contribution in [3.05, 3.63) is 47.6 Å². The first-order valence-electron chi connectivity index (χ1n) is 7.82. The third kappa shape index (κ3) is 7.60. The Hall–Kier alpha value is -1.70. The monoisotopic (exact) mass is 288 g/mol. The summed E-state index contributed by atoms with van der Waals surface area (Å²) in [7, 11) is 0. The lowest BCUT2D eigenvalue weighted by atomic mass is 10.1. The van der Waals surface area contributed by atoms with Crippen LogP contribution in [0.4, 0.5) is 0 Å². The molecular weight excluding hydrogens is 260 g/mol. The molecule has 0 unspecified atom stereocenters. The molecule has 2 nitrogen and oxygen atoms in total. The summed E-state index contributed by atoms with van der Waals surface area (Å²) >= 11 is 0. The van der Waals surface area contributed by atoms with Gasteiger partial charge in [-0.25, -0.2) is 0 Å². The van der Waals surface area contributed by atoms with Crippen LogP contribution in [0.15, 0.2) is 47.6 Å². The van der Waals surface area contributed by atoms with E-state index >= 15 is 0 Å². The van der Waals surface area contributed by atoms with Gasteiger partial charge in [-0.15, -0.1) is 0 Å². The van der Waals surface area contributed by atoms with Crippen molar-refractivity contribution in [2.24, 2.45) is 0 Å². The molecule has 0 aromatic heterocycles. The molecule has 116 valence electrons. The van der Waals surface area contributed by atoms with E-state index in [1.807, 2.05) is 31.2 Å². The molecule has 0 aliphatic carbocycles. The number of ether oxygens (including phenoxy) is 2. The van der Waals surface area contributed by atoms with Crippen LogP contribution in [0.1, 0.15) is 47.0 Å². The van der Waals surface area contributed by atoms with E-state index in [4.69, 9.17) is 9.47 Å². The quantitative estimate of drug-likeness (QED) is 0.555. The average Bonchev–Trinajstić information content (AvgIpc) is 2.49. The molecular formula is C19H28O2. The van der Waals surface area contributed by atoms with Crippen molar-refractivity contribution in [1.29, 1.82) is 0 Å². The maximum Gasteiger partial charge on any atom is 0.120 e. The minimum atomic E-state index is 0.621. The molecule has 1 aromatic rings. The molecule has 0 saturated heterocycles. The maximum atomic E-state index is 5.71. The molecule has 0 spiro atoms. The second kappa shape index (κ2) is 10.1. The van der Waals surface area contributed by atoms with Gasteiger partial charge in [-0.1, -0.05) is 24.1 Å². The second-order valence-electron chi connectivity index (χ2n) is 5.21. The zero-order valence-electron chi connectivity index (χ0n) is 13.8. The molecule has 1 rings (SSSR count). The van der Waals surface area contributed by atoms with Crippen LogP contribution in [0.25, 0.3) is 0 Å². The van der Waals surface area contributed by atoms with Gasteiger partial charge in [-0.3, -0.25) is 0 Å². The fraction of sp³-hybridized carbons (Fsp3) is 0.474. The number of hydrogen-bond acceptors (Lipinski definition) is 2. The third-order valence-electron chi connectivity index (χ3n) is 3.41. The van der Waals surface area contributed by atoms with Gasteiger partial charge in [0.2, 0.25) is 0 Å². The van der Waals surface area contributed by atoms with Crippen molar-refractivity contribution in [2.75, 3.05) is 13.2 Å². The summed E-state index contributed by atoms with van der Waals surface area (Å²) in [5, 5.41) is 0. The fourth-order valence-corrected chi connectivity index (χ4v) is 1.87. The zero-order chi connectivity index (χ0) is 15.5. The first-order valence-corrected chi connectivity index (χ1v) is 7.82. The van der Waals surface area contributed by atoms with Crippen LogP contribution >= 0.6 is 0 Å². The normalized spacial score (nSPS) is 12.4. The Morgan fingerprint density at radius 2 is 1.52 bits per heavy atom. The van der Waals surface area contributed by atoms with E-state index < -0.39 is 0 Å². The molecule has 0 bridgehead atoms. The molecule has 0 saturated carbocycles. The van der Waals surface area contributed by atoms with E-state index in [-0.39, 0.29) is 0 Å². The van der Waals surface area contributed by atoms with Crippen LogP contribution in [0.2, 0.25) is 0 Å². The van der Waals surface area contributed by atoms with Crippen LogP contribution in [0.3, 0.4) is 0 Å². The highest BCUT2D eigenvalue weighted by Crippen LogP contribution is 2.17. The van der Waals surface area contributed by atoms with E-state index in [1.54, 1.807) is 0 Å². The van der Waals surface area contributed by atoms with Crippen LogP contribution in [0.5, 0.6) is 11.5 Å². The lowest BCUT2D eigenvalue weighted by molar-refractivity contribution is 0.336. The number of rotatable bonds is 9. The lowest BCUT2D eigenvalue weighted by Gasteiger charge is -2.06. The minimum absolute atomic E-state index is 0.621. The molecule has 0 aliphatic heterocycles. The Kier molecular flexibility index (Phi) is 8.34. The Bertz CT molecular complexity index is 455. The highest BCUT2D eigenvalue weighted by atomic mass is 16.5. The minimum Gasteiger partial charge on any atom is -0.494 e. The highest BCUT2D eigenvalue weighted by molar-refractivity contribution is 5.31. The van der Waals surface area contributed by atoms with Crippen LogP contribution in [-0.2, 0) is 0 Å². The molecule has 0 fully saturated rings. The van der Waals surface area contributed by atoms with Crippen molar-refractivity contribution in [2.45, 2.75) is 47.0 Å². The zero-order valence-corrected chi connectivity index (χ0v) is 13.8. The number of allylic oxidation sites excluding steroid dienone is 3. The van der Waals surface area contributed by atoms with Gasteiger partial charge < -0.3 is 9.47 Å². The van der Waals surface area contributed by atoms with Crippen molar-refractivity contribution < 1.29 is 9.47 Å². The van der Waals surface area contributed by atoms with Gasteiger partial charge >= 0.3 is 0 Å². The Balaban J connectivity index is 2.32. The SMILES string of the molecule is CCOc1ccc(OC/C=C(\C)CC/C=C(\C)CC)cc1. The predicted molar refractivity (Wildman–Crippen MR) is 90.1 cm³/mol. The first kappa shape index (κ1) is 17.4. The van der Waals surface area contributed by atoms with Gasteiger partial charge in [0, 0.05) is 0 Å². The Labute approximate surface area is 129 Å². The van der Waals surface area contributed by atoms with E-state index in [0.29, 0.717) is 13.2 Å². The predicted octanol–water partition coefficient (Wildman–Crippen LogP) is 5.55. The molecule has 0 N–H and O–H groups in total. The van der Waals surface area contributed by atoms with Crippen LogP contribution in [0, 0.1) is 0 Å². The largest absolute Gasteiger partial charge is 0.494 e. The Morgan fingerprint density at radius 3 is 2.10 bits per heavy atom. The molecule has 2 heteroatoms. The van der Waals surface area contributed by atoms with Gasteiger partial charge in [-0.2, -0.15) is 0 Å². The maximum absolute atomic E-state index is 5.71. The molecule has 21 heavy (non-hydrogen) atoms. The number of hydrogen-bond donors (Lipinski definition) is 0. The summed E-state index contributed by atoms with van der Waals surface area (Å²) < 4.78 is 11.1. The van der Waals surface area contributed by atoms with E-state index in [9.17, 15) is 0 Å². The average molecular weight is 288 g/mol. The summed E-state index contributed by atoms with van der Waals surface area (Å²) in [4.78, 5) is 0. The summed E-state index contributed by atoms with van der Waals surface area (Å²) in [6.45, 7) is 9.84. The smallest absolute Gasteiger partial charge is 0.120 e. The van der Waals surface area contributed by atoms with Gasteiger partial charge in [-0.05, 0) is 70.4 Å². The summed E-state index contributed by atoms with van der Waals surface area (Å²) in [6.07, 6.45) is 7.84. The van der Waals surface area contributed by atoms with E-state index in [0.717, 1.165) is 30.8 Å². The molecule has 0 aliphatic rings. The second-order valence-corrected chi connectivity index (χ2v) is 5.21. The lowest BCUT2D eigenvalue weighted by Crippen LogP contribution is -1.95. The fourth-order valence-electron chi connectivity index (χ4n) is 1.87. The standard InChI is InChI=1S/C19H28O2/c1-5-16(3)8-7-9-17(4)14-15-21-19-12-10-18(11-13-19)20-6-2/h8,10-14H,5-7,9,15H2,1-4H3/b16-8+,17-14+. The molecule has 0 radical (unpaired) electrons. The van der Waals surface area contributed by atoms with Crippen molar-refractivity contribution in [3.63, 3.8) is 0 Å². The first-order chi connectivity index (χ1) is 10.2. The number of benzene rings is 1. The van der Waals surface area contributed by atoms with Crippen LogP contribution in [-0.4, -0.2) is 13.2 Å². The molecule has 0 atom stereocenters. The molecule has 0 heterocycles. The van der Waals surface area contributed by atoms with Gasteiger partial charge in [0.25, 0.3) is 0 Å². The summed E-state index contributed by atoms with van der Waals surface area (Å²) in [5.74, 6) is 1.76. The van der Waals surface area contributed by atoms with Crippen molar-refractivity contribution in [1.82, 2.24) is 0 Å². The highest BCUT2D eigenvalue weighted by Gasteiger charge is 1.95. The van der Waals surface area contributed by atoms with Gasteiger partial charge in [0.15, 0.2) is 0 Å². The van der Waals surface area contributed by atoms with E-state index in [1.165, 1.54) is 11.1 Å². The topological polar surface area (TPSA) is 18.5 Å². The third-order valence-corrected chi connectivity index (χ3v) is 3.41. The summed E-state index contributed by atoms with van der Waals surface area (Å²) in [6, 6.07) is 7.77. The van der Waals surface area contributed by atoms with Gasteiger partial charge in [0.1, 0.15) is 18.1 Å². The van der Waals surface area contributed by atoms with Crippen molar-refractivity contribution in [3.8, 4) is 11.5 Å². The van der Waals surface area contributed by atoms with E-state index in [2.05, 4.69) is 32.9 Å². The molecule has 0 amide bonds.